The fourth-order valence-corrected chi connectivity index (χ4v) is 0. The summed E-state index contributed by atoms with van der Waals surface area (Å²) in [4.78, 5) is 0. The third kappa shape index (κ3) is 75.1. The lowest BCUT2D eigenvalue weighted by molar-refractivity contribution is 2.55. The lowest BCUT2D eigenvalue weighted by Crippen LogP contribution is -0.865. The molecule has 0 bridgehead atoms. The maximum Gasteiger partial charge on any atom is -0.0215 e. The maximum absolute atomic E-state index is 3.53. The Labute approximate surface area is 56.9 Å². The monoisotopic (exact) mass is 144 g/mol. The van der Waals surface area contributed by atoms with E-state index in [1.807, 2.05) is 0 Å². The van der Waals surface area contributed by atoms with Crippen molar-refractivity contribution < 1.29 is 0 Å². The van der Waals surface area contributed by atoms with Crippen molar-refractivity contribution in [2.75, 3.05) is 18.8 Å². The van der Waals surface area contributed by atoms with Crippen LogP contribution in [-0.4, -0.2) is 18.8 Å². The van der Waals surface area contributed by atoms with Crippen molar-refractivity contribution in [3.8, 4) is 0 Å². The molecule has 0 amide bonds. The van der Waals surface area contributed by atoms with Gasteiger partial charge in [-0.2, -0.15) is 37.9 Å². The van der Waals surface area contributed by atoms with Gasteiger partial charge in [0.05, 0.1) is 0 Å². The SMILES string of the molecule is CS.CS.CS. The fraction of sp³-hybridized carbons (Fsp3) is 1.00. The second kappa shape index (κ2) is 140. The normalized spacial score (nSPS) is 3.00. The third-order valence-corrected chi connectivity index (χ3v) is 0. The molecule has 3 heteroatoms. The fourth-order valence-electron chi connectivity index (χ4n) is 0. The van der Waals surface area contributed by atoms with Crippen LogP contribution in [0.5, 0.6) is 0 Å². The van der Waals surface area contributed by atoms with E-state index in [4.69, 9.17) is 0 Å². The van der Waals surface area contributed by atoms with E-state index in [0.29, 0.717) is 0 Å². The van der Waals surface area contributed by atoms with Crippen LogP contribution in [0.1, 0.15) is 0 Å². The van der Waals surface area contributed by atoms with Crippen LogP contribution in [0.15, 0.2) is 0 Å². The Balaban J connectivity index is -0.0000000225. The largest absolute Gasteiger partial charge is 0.183 e. The molecule has 0 radical (unpaired) electrons. The minimum Gasteiger partial charge on any atom is -0.183 e. The van der Waals surface area contributed by atoms with E-state index in [2.05, 4.69) is 37.9 Å². The Morgan fingerprint density at radius 1 is 0.500 bits per heavy atom. The standard InChI is InChI=1S/3CH4S/c3*1-2/h3*2H,1H3. The summed E-state index contributed by atoms with van der Waals surface area (Å²) in [6, 6.07) is 0. The van der Waals surface area contributed by atoms with Crippen LogP contribution in [-0.2, 0) is 0 Å². The van der Waals surface area contributed by atoms with Crippen molar-refractivity contribution >= 4 is 37.9 Å². The van der Waals surface area contributed by atoms with Gasteiger partial charge in [-0.1, -0.05) is 0 Å². The molecular weight excluding hydrogens is 132 g/mol. The van der Waals surface area contributed by atoms with Crippen LogP contribution in [0, 0.1) is 0 Å². The summed E-state index contributed by atoms with van der Waals surface area (Å²) in [5, 5.41) is 0. The smallest absolute Gasteiger partial charge is 0.0215 e. The van der Waals surface area contributed by atoms with Crippen LogP contribution in [0.25, 0.3) is 0 Å². The summed E-state index contributed by atoms with van der Waals surface area (Å²) in [5.74, 6) is 0. The van der Waals surface area contributed by atoms with Gasteiger partial charge in [0.25, 0.3) is 0 Å². The van der Waals surface area contributed by atoms with Gasteiger partial charge in [0.1, 0.15) is 0 Å². The Morgan fingerprint density at radius 3 is 0.500 bits per heavy atom. The second-order valence-electron chi connectivity index (χ2n) is 0. The van der Waals surface area contributed by atoms with E-state index in [9.17, 15) is 0 Å². The van der Waals surface area contributed by atoms with Gasteiger partial charge in [-0.15, -0.1) is 0 Å². The third-order valence-electron chi connectivity index (χ3n) is 0. The van der Waals surface area contributed by atoms with E-state index >= 15 is 0 Å². The van der Waals surface area contributed by atoms with Crippen LogP contribution in [0.2, 0.25) is 0 Å². The molecule has 0 atom stereocenters. The van der Waals surface area contributed by atoms with Crippen LogP contribution in [0.3, 0.4) is 0 Å². The number of rotatable bonds is 0. The van der Waals surface area contributed by atoms with Crippen molar-refractivity contribution in [1.82, 2.24) is 0 Å². The molecule has 6 heavy (non-hydrogen) atoms. The summed E-state index contributed by atoms with van der Waals surface area (Å²) < 4.78 is 0. The van der Waals surface area contributed by atoms with E-state index in [1.54, 1.807) is 18.8 Å². The highest BCUT2D eigenvalue weighted by Crippen LogP contribution is 1.31. The van der Waals surface area contributed by atoms with E-state index < -0.39 is 0 Å². The summed E-state index contributed by atoms with van der Waals surface area (Å²) in [5.41, 5.74) is 0. The van der Waals surface area contributed by atoms with Crippen molar-refractivity contribution in [2.45, 2.75) is 0 Å². The average Bonchev–Trinajstić information content (AvgIpc) is 1.81. The van der Waals surface area contributed by atoms with Gasteiger partial charge in [-0.05, 0) is 18.8 Å². The highest BCUT2D eigenvalue weighted by Gasteiger charge is 0.905. The zero-order chi connectivity index (χ0) is 6.00. The van der Waals surface area contributed by atoms with Crippen LogP contribution >= 0.6 is 37.9 Å². The maximum atomic E-state index is 3.53. The zero-order valence-electron chi connectivity index (χ0n) is 4.34. The Bertz CT molecular complexity index is 6.00. The van der Waals surface area contributed by atoms with E-state index in [0.717, 1.165) is 0 Å². The predicted octanol–water partition coefficient (Wildman–Crippen LogP) is 1.64. The highest BCUT2D eigenvalue weighted by molar-refractivity contribution is 7.79. The van der Waals surface area contributed by atoms with E-state index in [-0.39, 0.29) is 0 Å². The molecule has 0 saturated carbocycles. The molecule has 0 aromatic rings. The zero-order valence-corrected chi connectivity index (χ0v) is 7.02. The number of hydrogen-bond acceptors (Lipinski definition) is 3. The van der Waals surface area contributed by atoms with Crippen molar-refractivity contribution in [3.05, 3.63) is 0 Å². The Hall–Kier alpha value is 1.05. The molecule has 0 aromatic heterocycles. The number of thiol groups is 3. The first-order valence-electron chi connectivity index (χ1n) is 1.34. The summed E-state index contributed by atoms with van der Waals surface area (Å²) >= 11 is 10.6. The minimum absolute atomic E-state index is 1.69. The lowest BCUT2D eigenvalue weighted by Gasteiger charge is -1.11. The molecule has 0 nitrogen and oxygen atoms in total. The molecule has 0 heterocycles. The molecule has 0 N–H and O–H groups in total. The second-order valence-corrected chi connectivity index (χ2v) is 0. The van der Waals surface area contributed by atoms with Gasteiger partial charge in [-0.25, -0.2) is 0 Å². The topological polar surface area (TPSA) is 0 Å². The first-order chi connectivity index (χ1) is 3.00. The first-order valence-corrected chi connectivity index (χ1v) is 4.02. The quantitative estimate of drug-likeness (QED) is 0.423. The summed E-state index contributed by atoms with van der Waals surface area (Å²) in [6.45, 7) is 0. The van der Waals surface area contributed by atoms with Gasteiger partial charge in [-0.3, -0.25) is 0 Å². The molecule has 0 aliphatic carbocycles. The van der Waals surface area contributed by atoms with Crippen LogP contribution < -0.4 is 0 Å². The molecule has 0 rings (SSSR count). The van der Waals surface area contributed by atoms with Crippen LogP contribution in [0.4, 0.5) is 0 Å². The molecule has 0 saturated heterocycles. The van der Waals surface area contributed by atoms with Gasteiger partial charge in [0, 0.05) is 0 Å². The average molecular weight is 144 g/mol. The van der Waals surface area contributed by atoms with Gasteiger partial charge in [0.2, 0.25) is 0 Å². The molecular formula is C3H12S3. The Morgan fingerprint density at radius 2 is 0.500 bits per heavy atom. The molecule has 0 spiro atoms. The summed E-state index contributed by atoms with van der Waals surface area (Å²) in [6.07, 6.45) is 5.08. The van der Waals surface area contributed by atoms with Gasteiger partial charge in [0.15, 0.2) is 0 Å². The lowest BCUT2D eigenvalue weighted by atomic mass is 12.0. The van der Waals surface area contributed by atoms with Gasteiger partial charge >= 0.3 is 0 Å². The van der Waals surface area contributed by atoms with Crippen molar-refractivity contribution in [3.63, 3.8) is 0 Å². The Kier molecular flexibility index (Phi) is 367. The van der Waals surface area contributed by atoms with Crippen molar-refractivity contribution in [1.29, 1.82) is 0 Å². The molecule has 0 aliphatic rings. The highest BCUT2D eigenvalue weighted by atomic mass is 32.1. The molecule has 0 aromatic carbocycles. The molecule has 0 aliphatic heterocycles. The predicted molar refractivity (Wildman–Crippen MR) is 44.7 cm³/mol. The minimum atomic E-state index is 1.69. The van der Waals surface area contributed by atoms with E-state index in [1.165, 1.54) is 0 Å². The number of hydrogen-bond donors (Lipinski definition) is 3. The molecule has 0 fully saturated rings. The molecule has 42 valence electrons. The first kappa shape index (κ1) is 15.7. The van der Waals surface area contributed by atoms with Gasteiger partial charge < -0.3 is 0 Å². The summed E-state index contributed by atoms with van der Waals surface area (Å²) in [7, 11) is 0. The molecule has 0 unspecified atom stereocenters. The van der Waals surface area contributed by atoms with Crippen molar-refractivity contribution in [2.24, 2.45) is 0 Å².